The van der Waals surface area contributed by atoms with E-state index < -0.39 is 0 Å². The molecule has 0 spiro atoms. The van der Waals surface area contributed by atoms with Crippen LogP contribution >= 0.6 is 23.2 Å². The molecular weight excluding hydrogens is 245 g/mol. The van der Waals surface area contributed by atoms with Gasteiger partial charge < -0.3 is 5.32 Å². The molecule has 0 saturated heterocycles. The quantitative estimate of drug-likeness (QED) is 0.882. The van der Waals surface area contributed by atoms with E-state index in [0.29, 0.717) is 21.5 Å². The first-order chi connectivity index (χ1) is 7.59. The molecule has 1 aliphatic carbocycles. The minimum atomic E-state index is -0.146. The topological polar surface area (TPSA) is 29.1 Å². The van der Waals surface area contributed by atoms with Gasteiger partial charge in [-0.3, -0.25) is 4.79 Å². The van der Waals surface area contributed by atoms with Crippen LogP contribution in [0.25, 0.3) is 0 Å². The molecule has 0 aliphatic heterocycles. The minimum Gasteiger partial charge on any atom is -0.349 e. The Bertz CT molecular complexity index is 415. The molecule has 1 unspecified atom stereocenters. The molecule has 1 atom stereocenters. The Labute approximate surface area is 105 Å². The van der Waals surface area contributed by atoms with Gasteiger partial charge in [0.15, 0.2) is 0 Å². The zero-order valence-electron chi connectivity index (χ0n) is 8.97. The van der Waals surface area contributed by atoms with Crippen molar-refractivity contribution in [1.82, 2.24) is 5.32 Å². The molecule has 1 saturated carbocycles. The summed E-state index contributed by atoms with van der Waals surface area (Å²) in [6, 6.07) is 5.29. The van der Waals surface area contributed by atoms with E-state index in [9.17, 15) is 4.79 Å². The van der Waals surface area contributed by atoms with E-state index in [-0.39, 0.29) is 11.9 Å². The summed E-state index contributed by atoms with van der Waals surface area (Å²) in [5, 5.41) is 3.68. The van der Waals surface area contributed by atoms with Crippen molar-refractivity contribution in [2.45, 2.75) is 25.8 Å². The highest BCUT2D eigenvalue weighted by Gasteiger charge is 2.29. The Morgan fingerprint density at radius 3 is 2.75 bits per heavy atom. The van der Waals surface area contributed by atoms with Crippen molar-refractivity contribution in [2.75, 3.05) is 0 Å². The van der Waals surface area contributed by atoms with Crippen LogP contribution in [0.4, 0.5) is 0 Å². The van der Waals surface area contributed by atoms with Crippen LogP contribution in [0.3, 0.4) is 0 Å². The number of amides is 1. The standard InChI is InChI=1S/C12H13Cl2NO/c1-7(8-5-6-8)15-12(16)9-3-2-4-10(13)11(9)14/h2-4,7-8H,5-6H2,1H3,(H,15,16). The van der Waals surface area contributed by atoms with Crippen LogP contribution in [0, 0.1) is 5.92 Å². The lowest BCUT2D eigenvalue weighted by Crippen LogP contribution is -2.34. The second-order valence-corrected chi connectivity index (χ2v) is 4.99. The molecule has 1 fully saturated rings. The van der Waals surface area contributed by atoms with Crippen LogP contribution in [-0.4, -0.2) is 11.9 Å². The van der Waals surface area contributed by atoms with Crippen molar-refractivity contribution in [2.24, 2.45) is 5.92 Å². The Morgan fingerprint density at radius 1 is 1.44 bits per heavy atom. The number of rotatable bonds is 3. The third-order valence-electron chi connectivity index (χ3n) is 2.88. The fourth-order valence-electron chi connectivity index (χ4n) is 1.68. The Balaban J connectivity index is 2.10. The Kier molecular flexibility index (Phi) is 3.41. The molecule has 2 nitrogen and oxygen atoms in total. The summed E-state index contributed by atoms with van der Waals surface area (Å²) in [6.45, 7) is 2.02. The lowest BCUT2D eigenvalue weighted by atomic mass is 10.1. The van der Waals surface area contributed by atoms with Crippen molar-refractivity contribution < 1.29 is 4.79 Å². The van der Waals surface area contributed by atoms with Gasteiger partial charge in [-0.1, -0.05) is 29.3 Å². The monoisotopic (exact) mass is 257 g/mol. The van der Waals surface area contributed by atoms with Gasteiger partial charge in [-0.05, 0) is 37.8 Å². The summed E-state index contributed by atoms with van der Waals surface area (Å²) in [5.41, 5.74) is 0.446. The molecule has 0 aromatic heterocycles. The number of halogens is 2. The van der Waals surface area contributed by atoms with Crippen LogP contribution in [0.1, 0.15) is 30.1 Å². The molecule has 0 radical (unpaired) electrons. The fourth-order valence-corrected chi connectivity index (χ4v) is 2.06. The molecule has 0 bridgehead atoms. The lowest BCUT2D eigenvalue weighted by Gasteiger charge is -2.13. The van der Waals surface area contributed by atoms with Crippen LogP contribution in [0.15, 0.2) is 18.2 Å². The number of carbonyl (C=O) groups excluding carboxylic acids is 1. The minimum absolute atomic E-state index is 0.146. The highest BCUT2D eigenvalue weighted by atomic mass is 35.5. The largest absolute Gasteiger partial charge is 0.349 e. The fraction of sp³-hybridized carbons (Fsp3) is 0.417. The van der Waals surface area contributed by atoms with E-state index in [1.807, 2.05) is 6.92 Å². The summed E-state index contributed by atoms with van der Waals surface area (Å²) >= 11 is 11.8. The first-order valence-electron chi connectivity index (χ1n) is 5.34. The third kappa shape index (κ3) is 2.50. The molecule has 1 aliphatic rings. The molecule has 16 heavy (non-hydrogen) atoms. The van der Waals surface area contributed by atoms with E-state index in [1.165, 1.54) is 12.8 Å². The van der Waals surface area contributed by atoms with Gasteiger partial charge in [0.2, 0.25) is 0 Å². The summed E-state index contributed by atoms with van der Waals surface area (Å²) in [6.07, 6.45) is 2.40. The Hall–Kier alpha value is -0.730. The molecule has 86 valence electrons. The third-order valence-corrected chi connectivity index (χ3v) is 3.70. The maximum absolute atomic E-state index is 11.9. The first-order valence-corrected chi connectivity index (χ1v) is 6.10. The van der Waals surface area contributed by atoms with Gasteiger partial charge in [0.1, 0.15) is 0 Å². The molecule has 2 rings (SSSR count). The average Bonchev–Trinajstić information content (AvgIpc) is 3.05. The normalized spacial score (nSPS) is 16.9. The number of hydrogen-bond acceptors (Lipinski definition) is 1. The Morgan fingerprint density at radius 2 is 2.12 bits per heavy atom. The van der Waals surface area contributed by atoms with Gasteiger partial charge in [-0.15, -0.1) is 0 Å². The van der Waals surface area contributed by atoms with Crippen LogP contribution in [0.2, 0.25) is 10.0 Å². The second kappa shape index (κ2) is 4.64. The van der Waals surface area contributed by atoms with Crippen molar-refractivity contribution in [3.8, 4) is 0 Å². The number of nitrogens with one attached hydrogen (secondary N) is 1. The smallest absolute Gasteiger partial charge is 0.253 e. The summed E-state index contributed by atoms with van der Waals surface area (Å²) in [5.74, 6) is 0.480. The lowest BCUT2D eigenvalue weighted by molar-refractivity contribution is 0.0936. The highest BCUT2D eigenvalue weighted by molar-refractivity contribution is 6.43. The number of benzene rings is 1. The predicted molar refractivity (Wildman–Crippen MR) is 66.1 cm³/mol. The van der Waals surface area contributed by atoms with Crippen molar-refractivity contribution in [1.29, 1.82) is 0 Å². The molecule has 0 heterocycles. The van der Waals surface area contributed by atoms with Crippen LogP contribution in [0.5, 0.6) is 0 Å². The molecule has 1 amide bonds. The molecule has 1 aromatic rings. The SMILES string of the molecule is CC(NC(=O)c1cccc(Cl)c1Cl)C1CC1. The van der Waals surface area contributed by atoms with E-state index >= 15 is 0 Å². The predicted octanol–water partition coefficient (Wildman–Crippen LogP) is 3.52. The first kappa shape index (κ1) is 11.7. The summed E-state index contributed by atoms with van der Waals surface area (Å²) in [4.78, 5) is 11.9. The van der Waals surface area contributed by atoms with E-state index in [4.69, 9.17) is 23.2 Å². The van der Waals surface area contributed by atoms with Crippen LogP contribution in [-0.2, 0) is 0 Å². The maximum Gasteiger partial charge on any atom is 0.253 e. The van der Waals surface area contributed by atoms with Gasteiger partial charge in [0, 0.05) is 6.04 Å². The highest BCUT2D eigenvalue weighted by Crippen LogP contribution is 2.33. The second-order valence-electron chi connectivity index (χ2n) is 4.20. The zero-order chi connectivity index (χ0) is 11.7. The number of carbonyl (C=O) groups is 1. The number of hydrogen-bond donors (Lipinski definition) is 1. The van der Waals surface area contributed by atoms with Gasteiger partial charge in [0.25, 0.3) is 5.91 Å². The van der Waals surface area contributed by atoms with Crippen LogP contribution < -0.4 is 5.32 Å². The maximum atomic E-state index is 11.9. The average molecular weight is 258 g/mol. The molecular formula is C12H13Cl2NO. The van der Waals surface area contributed by atoms with Gasteiger partial charge in [-0.2, -0.15) is 0 Å². The van der Waals surface area contributed by atoms with Gasteiger partial charge in [0.05, 0.1) is 15.6 Å². The molecule has 4 heteroatoms. The summed E-state index contributed by atoms with van der Waals surface area (Å²) < 4.78 is 0. The van der Waals surface area contributed by atoms with Crippen molar-refractivity contribution in [3.63, 3.8) is 0 Å². The van der Waals surface area contributed by atoms with Gasteiger partial charge >= 0.3 is 0 Å². The molecule has 1 N–H and O–H groups in total. The van der Waals surface area contributed by atoms with E-state index in [1.54, 1.807) is 18.2 Å². The molecule has 1 aromatic carbocycles. The summed E-state index contributed by atoms with van der Waals surface area (Å²) in [7, 11) is 0. The van der Waals surface area contributed by atoms with E-state index in [0.717, 1.165) is 0 Å². The zero-order valence-corrected chi connectivity index (χ0v) is 10.5. The van der Waals surface area contributed by atoms with Crippen molar-refractivity contribution >= 4 is 29.1 Å². The van der Waals surface area contributed by atoms with Crippen molar-refractivity contribution in [3.05, 3.63) is 33.8 Å². The van der Waals surface area contributed by atoms with E-state index in [2.05, 4.69) is 5.32 Å². The van der Waals surface area contributed by atoms with Gasteiger partial charge in [-0.25, -0.2) is 0 Å².